The average Bonchev–Trinajstić information content (AvgIpc) is 2.41. The van der Waals surface area contributed by atoms with E-state index in [-0.39, 0.29) is 23.6 Å². The third-order valence-corrected chi connectivity index (χ3v) is 3.32. The molecule has 1 saturated carbocycles. The molecule has 0 amide bonds. The molecule has 1 aliphatic carbocycles. The van der Waals surface area contributed by atoms with Crippen molar-refractivity contribution in [3.63, 3.8) is 0 Å². The molecular formula is C13H15N3O3. The van der Waals surface area contributed by atoms with Gasteiger partial charge in [-0.25, -0.2) is 0 Å². The molecule has 0 heterocycles. The molecule has 1 aromatic rings. The summed E-state index contributed by atoms with van der Waals surface area (Å²) in [7, 11) is 0. The fourth-order valence-electron chi connectivity index (χ4n) is 2.26. The minimum atomic E-state index is -0.509. The van der Waals surface area contributed by atoms with Gasteiger partial charge in [-0.3, -0.25) is 10.1 Å². The van der Waals surface area contributed by atoms with E-state index in [1.807, 2.05) is 6.07 Å². The van der Waals surface area contributed by atoms with Crippen molar-refractivity contribution in [2.75, 3.05) is 0 Å². The predicted molar refractivity (Wildman–Crippen MR) is 68.7 cm³/mol. The molecule has 0 radical (unpaired) electrons. The second-order valence-electron chi connectivity index (χ2n) is 4.66. The number of nitriles is 1. The summed E-state index contributed by atoms with van der Waals surface area (Å²) in [5, 5.41) is 19.8. The molecule has 6 heteroatoms. The zero-order chi connectivity index (χ0) is 13.8. The van der Waals surface area contributed by atoms with Crippen molar-refractivity contribution in [3.05, 3.63) is 33.9 Å². The largest absolute Gasteiger partial charge is 0.482 e. The zero-order valence-corrected chi connectivity index (χ0v) is 10.4. The molecule has 1 aromatic carbocycles. The average molecular weight is 261 g/mol. The number of nitrogens with zero attached hydrogens (tertiary/aromatic N) is 2. The Morgan fingerprint density at radius 3 is 2.79 bits per heavy atom. The second-order valence-corrected chi connectivity index (χ2v) is 4.66. The highest BCUT2D eigenvalue weighted by atomic mass is 16.6. The van der Waals surface area contributed by atoms with E-state index in [0.717, 1.165) is 25.7 Å². The van der Waals surface area contributed by atoms with Gasteiger partial charge in [0.05, 0.1) is 16.6 Å². The standard InChI is InChI=1S/C13H15N3O3/c14-8-9-5-6-11(16(17)18)13(7-9)19-12-4-2-1-3-10(12)15/h5-7,10,12H,1-4,15H2. The number of rotatable bonds is 3. The minimum Gasteiger partial charge on any atom is -0.482 e. The summed E-state index contributed by atoms with van der Waals surface area (Å²) in [6, 6.07) is 5.94. The SMILES string of the molecule is N#Cc1ccc([N+](=O)[O-])c(OC2CCCCC2N)c1. The van der Waals surface area contributed by atoms with Crippen LogP contribution in [-0.2, 0) is 0 Å². The summed E-state index contributed by atoms with van der Waals surface area (Å²) in [6.45, 7) is 0. The van der Waals surface area contributed by atoms with E-state index in [1.165, 1.54) is 18.2 Å². The van der Waals surface area contributed by atoms with E-state index in [0.29, 0.717) is 5.56 Å². The third-order valence-electron chi connectivity index (χ3n) is 3.32. The Morgan fingerprint density at radius 1 is 1.42 bits per heavy atom. The van der Waals surface area contributed by atoms with Gasteiger partial charge in [-0.05, 0) is 25.3 Å². The Balaban J connectivity index is 2.26. The fourth-order valence-corrected chi connectivity index (χ4v) is 2.26. The van der Waals surface area contributed by atoms with Crippen LogP contribution < -0.4 is 10.5 Å². The quantitative estimate of drug-likeness (QED) is 0.663. The lowest BCUT2D eigenvalue weighted by molar-refractivity contribution is -0.386. The van der Waals surface area contributed by atoms with Gasteiger partial charge in [-0.15, -0.1) is 0 Å². The first kappa shape index (κ1) is 13.3. The highest BCUT2D eigenvalue weighted by Crippen LogP contribution is 2.31. The monoisotopic (exact) mass is 261 g/mol. The summed E-state index contributed by atoms with van der Waals surface area (Å²) in [5.41, 5.74) is 6.17. The second kappa shape index (κ2) is 5.67. The van der Waals surface area contributed by atoms with Gasteiger partial charge in [0.2, 0.25) is 0 Å². The normalized spacial score (nSPS) is 22.5. The van der Waals surface area contributed by atoms with Crippen LogP contribution in [0.5, 0.6) is 5.75 Å². The molecule has 0 bridgehead atoms. The van der Waals surface area contributed by atoms with Crippen LogP contribution in [0.3, 0.4) is 0 Å². The van der Waals surface area contributed by atoms with E-state index in [2.05, 4.69) is 0 Å². The van der Waals surface area contributed by atoms with Crippen LogP contribution in [0.1, 0.15) is 31.2 Å². The molecule has 1 fully saturated rings. The van der Waals surface area contributed by atoms with Gasteiger partial charge in [0.25, 0.3) is 0 Å². The van der Waals surface area contributed by atoms with Gasteiger partial charge in [0.1, 0.15) is 6.10 Å². The number of hydrogen-bond donors (Lipinski definition) is 1. The van der Waals surface area contributed by atoms with Crippen molar-refractivity contribution in [1.29, 1.82) is 5.26 Å². The number of hydrogen-bond acceptors (Lipinski definition) is 5. The Labute approximate surface area is 110 Å². The molecule has 2 N–H and O–H groups in total. The van der Waals surface area contributed by atoms with Gasteiger partial charge >= 0.3 is 5.69 Å². The fraction of sp³-hybridized carbons (Fsp3) is 0.462. The smallest absolute Gasteiger partial charge is 0.311 e. The number of ether oxygens (including phenoxy) is 1. The molecule has 19 heavy (non-hydrogen) atoms. The lowest BCUT2D eigenvalue weighted by Crippen LogP contribution is -2.41. The molecule has 0 aromatic heterocycles. The van der Waals surface area contributed by atoms with Crippen molar-refractivity contribution in [3.8, 4) is 11.8 Å². The van der Waals surface area contributed by atoms with Crippen LogP contribution in [-0.4, -0.2) is 17.1 Å². The summed E-state index contributed by atoms with van der Waals surface area (Å²) in [6.07, 6.45) is 3.48. The van der Waals surface area contributed by atoms with E-state index >= 15 is 0 Å². The Kier molecular flexibility index (Phi) is 3.97. The van der Waals surface area contributed by atoms with Crippen LogP contribution in [0.15, 0.2) is 18.2 Å². The van der Waals surface area contributed by atoms with Gasteiger partial charge < -0.3 is 10.5 Å². The van der Waals surface area contributed by atoms with Crippen molar-refractivity contribution < 1.29 is 9.66 Å². The molecular weight excluding hydrogens is 246 g/mol. The third kappa shape index (κ3) is 3.01. The van der Waals surface area contributed by atoms with Crippen molar-refractivity contribution >= 4 is 5.69 Å². The zero-order valence-electron chi connectivity index (χ0n) is 10.4. The molecule has 2 atom stereocenters. The number of benzene rings is 1. The minimum absolute atomic E-state index is 0.112. The molecule has 100 valence electrons. The van der Waals surface area contributed by atoms with Gasteiger partial charge in [0, 0.05) is 18.2 Å². The van der Waals surface area contributed by atoms with Crippen LogP contribution in [0.25, 0.3) is 0 Å². The van der Waals surface area contributed by atoms with Gasteiger partial charge in [0.15, 0.2) is 5.75 Å². The molecule has 2 rings (SSSR count). The van der Waals surface area contributed by atoms with Crippen LogP contribution in [0.4, 0.5) is 5.69 Å². The highest BCUT2D eigenvalue weighted by Gasteiger charge is 2.26. The van der Waals surface area contributed by atoms with E-state index in [9.17, 15) is 10.1 Å². The lowest BCUT2D eigenvalue weighted by Gasteiger charge is -2.28. The first-order chi connectivity index (χ1) is 9.11. The summed E-state index contributed by atoms with van der Waals surface area (Å²) in [4.78, 5) is 10.4. The van der Waals surface area contributed by atoms with Crippen LogP contribution in [0.2, 0.25) is 0 Å². The van der Waals surface area contributed by atoms with Crippen LogP contribution in [0, 0.1) is 21.4 Å². The maximum atomic E-state index is 11.0. The van der Waals surface area contributed by atoms with E-state index in [1.54, 1.807) is 0 Å². The first-order valence-corrected chi connectivity index (χ1v) is 6.22. The maximum absolute atomic E-state index is 11.0. The topological polar surface area (TPSA) is 102 Å². The van der Waals surface area contributed by atoms with Crippen molar-refractivity contribution in [2.45, 2.75) is 37.8 Å². The van der Waals surface area contributed by atoms with E-state index in [4.69, 9.17) is 15.7 Å². The Morgan fingerprint density at radius 2 is 2.16 bits per heavy atom. The summed E-state index contributed by atoms with van der Waals surface area (Å²) < 4.78 is 5.68. The van der Waals surface area contributed by atoms with Crippen LogP contribution >= 0.6 is 0 Å². The number of nitro groups is 1. The number of nitro benzene ring substituents is 1. The highest BCUT2D eigenvalue weighted by molar-refractivity contribution is 5.51. The van der Waals surface area contributed by atoms with Gasteiger partial charge in [-0.1, -0.05) is 6.42 Å². The predicted octanol–water partition coefficient (Wildman–Crippen LogP) is 2.12. The molecule has 1 aliphatic rings. The lowest BCUT2D eigenvalue weighted by atomic mass is 9.93. The molecule has 0 aliphatic heterocycles. The molecule has 2 unspecified atom stereocenters. The summed E-state index contributed by atoms with van der Waals surface area (Å²) in [5.74, 6) is 0.131. The molecule has 0 saturated heterocycles. The first-order valence-electron chi connectivity index (χ1n) is 6.22. The van der Waals surface area contributed by atoms with E-state index < -0.39 is 4.92 Å². The number of nitrogens with two attached hydrogens (primary N) is 1. The van der Waals surface area contributed by atoms with Crippen molar-refractivity contribution in [1.82, 2.24) is 0 Å². The molecule has 6 nitrogen and oxygen atoms in total. The Bertz CT molecular complexity index is 524. The molecule has 0 spiro atoms. The maximum Gasteiger partial charge on any atom is 0.311 e. The summed E-state index contributed by atoms with van der Waals surface area (Å²) >= 11 is 0. The van der Waals surface area contributed by atoms with Gasteiger partial charge in [-0.2, -0.15) is 5.26 Å². The van der Waals surface area contributed by atoms with Crippen molar-refractivity contribution in [2.24, 2.45) is 5.73 Å². The Hall–Kier alpha value is -2.13.